The van der Waals surface area contributed by atoms with E-state index in [1.807, 2.05) is 0 Å². The van der Waals surface area contributed by atoms with Gasteiger partial charge in [0, 0.05) is 24.2 Å². The molecule has 0 saturated heterocycles. The van der Waals surface area contributed by atoms with Crippen molar-refractivity contribution in [1.29, 1.82) is 0 Å². The van der Waals surface area contributed by atoms with Crippen LogP contribution >= 0.6 is 0 Å². The molecule has 5 amide bonds. The predicted octanol–water partition coefficient (Wildman–Crippen LogP) is 3.30. The molecule has 5 rings (SSSR count). The van der Waals surface area contributed by atoms with Crippen molar-refractivity contribution in [1.82, 2.24) is 4.90 Å². The number of fused-ring (bicyclic) bond motifs is 2. The fourth-order valence-electron chi connectivity index (χ4n) is 4.33. The molecule has 0 atom stereocenters. The Bertz CT molecular complexity index is 1360. The van der Waals surface area contributed by atoms with Gasteiger partial charge in [0.1, 0.15) is 6.54 Å². The number of imide groups is 1. The van der Waals surface area contributed by atoms with E-state index in [1.54, 1.807) is 72.8 Å². The summed E-state index contributed by atoms with van der Waals surface area (Å²) in [6.07, 6.45) is 0.443. The third-order valence-corrected chi connectivity index (χ3v) is 6.10. The van der Waals surface area contributed by atoms with E-state index in [2.05, 4.69) is 10.6 Å². The second-order valence-corrected chi connectivity index (χ2v) is 8.49. The molecule has 180 valence electrons. The molecule has 2 N–H and O–H groups in total. The third kappa shape index (κ3) is 4.34. The summed E-state index contributed by atoms with van der Waals surface area (Å²) < 4.78 is 0. The van der Waals surface area contributed by atoms with Gasteiger partial charge in [-0.15, -0.1) is 0 Å². The third-order valence-electron chi connectivity index (χ3n) is 6.10. The van der Waals surface area contributed by atoms with Crippen molar-refractivity contribution in [3.63, 3.8) is 0 Å². The molecule has 0 bridgehead atoms. The van der Waals surface area contributed by atoms with E-state index in [1.165, 1.54) is 4.90 Å². The maximum absolute atomic E-state index is 13.0. The summed E-state index contributed by atoms with van der Waals surface area (Å²) >= 11 is 0. The highest BCUT2D eigenvalue weighted by Gasteiger charge is 2.34. The standard InChI is InChI=1S/C27H22N4O5/c32-23(10-5-15-30-26(35)19-6-1-2-7-20(19)27(30)36)28-18-13-11-17(12-14-18)25(34)31-16-24(33)29-21-8-3-4-9-22(21)31/h1-4,6-9,11-14H,5,10,15-16H2,(H,28,32)(H,29,33). The summed E-state index contributed by atoms with van der Waals surface area (Å²) in [7, 11) is 0. The molecule has 0 fully saturated rings. The van der Waals surface area contributed by atoms with Gasteiger partial charge in [-0.1, -0.05) is 24.3 Å². The predicted molar refractivity (Wildman–Crippen MR) is 133 cm³/mol. The smallest absolute Gasteiger partial charge is 0.261 e. The zero-order valence-corrected chi connectivity index (χ0v) is 19.2. The van der Waals surface area contributed by atoms with Crippen molar-refractivity contribution >= 4 is 46.6 Å². The molecule has 0 spiro atoms. The number of nitrogens with one attached hydrogen (secondary N) is 2. The molecular formula is C27H22N4O5. The lowest BCUT2D eigenvalue weighted by Crippen LogP contribution is -2.42. The Morgan fingerprint density at radius 2 is 1.47 bits per heavy atom. The molecule has 3 aromatic rings. The van der Waals surface area contributed by atoms with Gasteiger partial charge in [-0.05, 0) is 55.0 Å². The lowest BCUT2D eigenvalue weighted by atomic mass is 10.1. The SMILES string of the molecule is O=C(CCCN1C(=O)c2ccccc2C1=O)Nc1ccc(C(=O)N2CC(=O)Nc3ccccc32)cc1. The van der Waals surface area contributed by atoms with E-state index in [0.717, 1.165) is 4.90 Å². The maximum atomic E-state index is 13.0. The second kappa shape index (κ2) is 9.46. The number of anilines is 3. The summed E-state index contributed by atoms with van der Waals surface area (Å²) in [5.74, 6) is -1.55. The van der Waals surface area contributed by atoms with Crippen LogP contribution in [0.3, 0.4) is 0 Å². The number of hydrogen-bond donors (Lipinski definition) is 2. The second-order valence-electron chi connectivity index (χ2n) is 8.49. The van der Waals surface area contributed by atoms with Crippen LogP contribution in [-0.4, -0.2) is 47.5 Å². The Labute approximate surface area is 206 Å². The number of rotatable bonds is 6. The van der Waals surface area contributed by atoms with E-state index >= 15 is 0 Å². The maximum Gasteiger partial charge on any atom is 0.261 e. The highest BCUT2D eigenvalue weighted by molar-refractivity contribution is 6.21. The first-order valence-electron chi connectivity index (χ1n) is 11.5. The van der Waals surface area contributed by atoms with Crippen molar-refractivity contribution in [2.75, 3.05) is 28.6 Å². The van der Waals surface area contributed by atoms with Gasteiger partial charge in [0.2, 0.25) is 11.8 Å². The molecule has 9 nitrogen and oxygen atoms in total. The Morgan fingerprint density at radius 1 is 0.833 bits per heavy atom. The van der Waals surface area contributed by atoms with E-state index in [9.17, 15) is 24.0 Å². The summed E-state index contributed by atoms with van der Waals surface area (Å²) in [4.78, 5) is 64.9. The lowest BCUT2D eigenvalue weighted by Gasteiger charge is -2.29. The zero-order chi connectivity index (χ0) is 25.2. The first-order chi connectivity index (χ1) is 17.4. The van der Waals surface area contributed by atoms with E-state index in [0.29, 0.717) is 40.2 Å². The minimum absolute atomic E-state index is 0.0819. The van der Waals surface area contributed by atoms with Crippen molar-refractivity contribution in [3.8, 4) is 0 Å². The van der Waals surface area contributed by atoms with Crippen LogP contribution in [0.25, 0.3) is 0 Å². The fourth-order valence-corrected chi connectivity index (χ4v) is 4.33. The van der Waals surface area contributed by atoms with Crippen LogP contribution in [0.2, 0.25) is 0 Å². The van der Waals surface area contributed by atoms with Crippen LogP contribution in [0, 0.1) is 0 Å². The Balaban J connectivity index is 1.16. The van der Waals surface area contributed by atoms with Crippen LogP contribution < -0.4 is 15.5 Å². The number of carbonyl (C=O) groups excluding carboxylic acids is 5. The van der Waals surface area contributed by atoms with Crippen LogP contribution in [0.1, 0.15) is 43.9 Å². The van der Waals surface area contributed by atoms with Crippen LogP contribution in [0.4, 0.5) is 17.1 Å². The van der Waals surface area contributed by atoms with Gasteiger partial charge in [0.05, 0.1) is 22.5 Å². The van der Waals surface area contributed by atoms with Gasteiger partial charge >= 0.3 is 0 Å². The molecule has 2 heterocycles. The summed E-state index contributed by atoms with van der Waals surface area (Å²) in [6.45, 7) is 0.0690. The Kier molecular flexibility index (Phi) is 6.03. The first-order valence-corrected chi connectivity index (χ1v) is 11.5. The number of carbonyl (C=O) groups is 5. The van der Waals surface area contributed by atoms with E-state index in [-0.39, 0.29) is 49.0 Å². The monoisotopic (exact) mass is 482 g/mol. The molecule has 2 aliphatic rings. The molecular weight excluding hydrogens is 460 g/mol. The average Bonchev–Trinajstić information content (AvgIpc) is 3.13. The summed E-state index contributed by atoms with van der Waals surface area (Å²) in [5.41, 5.74) is 2.85. The van der Waals surface area contributed by atoms with Gasteiger partial charge in [-0.3, -0.25) is 33.8 Å². The molecule has 2 aliphatic heterocycles. The van der Waals surface area contributed by atoms with Gasteiger partial charge < -0.3 is 10.6 Å². The molecule has 0 radical (unpaired) electrons. The van der Waals surface area contributed by atoms with Gasteiger partial charge in [0.15, 0.2) is 0 Å². The fraction of sp³-hybridized carbons (Fsp3) is 0.148. The summed E-state index contributed by atoms with van der Waals surface area (Å²) in [6, 6.07) is 20.2. The molecule has 3 aromatic carbocycles. The van der Waals surface area contributed by atoms with E-state index in [4.69, 9.17) is 0 Å². The zero-order valence-electron chi connectivity index (χ0n) is 19.2. The quantitative estimate of drug-likeness (QED) is 0.523. The van der Waals surface area contributed by atoms with Crippen LogP contribution in [0.15, 0.2) is 72.8 Å². The number of para-hydroxylation sites is 2. The van der Waals surface area contributed by atoms with E-state index < -0.39 is 0 Å². The largest absolute Gasteiger partial charge is 0.326 e. The van der Waals surface area contributed by atoms with Crippen molar-refractivity contribution in [3.05, 3.63) is 89.5 Å². The number of benzene rings is 3. The van der Waals surface area contributed by atoms with Crippen LogP contribution in [-0.2, 0) is 9.59 Å². The van der Waals surface area contributed by atoms with Crippen molar-refractivity contribution in [2.45, 2.75) is 12.8 Å². The lowest BCUT2D eigenvalue weighted by molar-refractivity contribution is -0.116. The Morgan fingerprint density at radius 3 is 2.17 bits per heavy atom. The minimum atomic E-state index is -0.343. The van der Waals surface area contributed by atoms with Crippen LogP contribution in [0.5, 0.6) is 0 Å². The molecule has 36 heavy (non-hydrogen) atoms. The highest BCUT2D eigenvalue weighted by Crippen LogP contribution is 2.30. The minimum Gasteiger partial charge on any atom is -0.326 e. The van der Waals surface area contributed by atoms with Crippen molar-refractivity contribution in [2.24, 2.45) is 0 Å². The van der Waals surface area contributed by atoms with Gasteiger partial charge in [-0.2, -0.15) is 0 Å². The molecule has 0 unspecified atom stereocenters. The molecule has 0 aliphatic carbocycles. The molecule has 0 saturated carbocycles. The normalized spacial score (nSPS) is 14.3. The highest BCUT2D eigenvalue weighted by atomic mass is 16.2. The van der Waals surface area contributed by atoms with Gasteiger partial charge in [-0.25, -0.2) is 0 Å². The van der Waals surface area contributed by atoms with Gasteiger partial charge in [0.25, 0.3) is 17.7 Å². The summed E-state index contributed by atoms with van der Waals surface area (Å²) in [5, 5.41) is 5.51. The Hall–Kier alpha value is -4.79. The number of nitrogens with zero attached hydrogens (tertiary/aromatic N) is 2. The number of hydrogen-bond acceptors (Lipinski definition) is 5. The number of amides is 5. The average molecular weight is 482 g/mol. The molecule has 0 aromatic heterocycles. The topological polar surface area (TPSA) is 116 Å². The van der Waals surface area contributed by atoms with Crippen molar-refractivity contribution < 1.29 is 24.0 Å². The molecule has 9 heteroatoms. The first kappa shape index (κ1) is 23.0.